The summed E-state index contributed by atoms with van der Waals surface area (Å²) >= 11 is 0. The van der Waals surface area contributed by atoms with Gasteiger partial charge >= 0.3 is 0 Å². The van der Waals surface area contributed by atoms with E-state index in [9.17, 15) is 0 Å². The molecule has 1 aromatic carbocycles. The second kappa shape index (κ2) is 10.1. The Bertz CT molecular complexity index is 742. The lowest BCUT2D eigenvalue weighted by molar-refractivity contribution is 0.142. The summed E-state index contributed by atoms with van der Waals surface area (Å²) in [5.74, 6) is 1.76. The molecule has 2 heterocycles. The van der Waals surface area contributed by atoms with Crippen LogP contribution >= 0.6 is 0 Å². The molecular formula is C23H36N4O. The zero-order valence-electron chi connectivity index (χ0n) is 18.0. The number of aryl methyl sites for hydroxylation is 1. The van der Waals surface area contributed by atoms with E-state index in [1.165, 1.54) is 42.8 Å². The van der Waals surface area contributed by atoms with Gasteiger partial charge in [0.05, 0.1) is 13.3 Å². The van der Waals surface area contributed by atoms with Gasteiger partial charge in [-0.15, -0.1) is 0 Å². The molecule has 1 aromatic heterocycles. The molecule has 0 spiro atoms. The van der Waals surface area contributed by atoms with E-state index in [0.29, 0.717) is 0 Å². The van der Waals surface area contributed by atoms with Gasteiger partial charge in [-0.25, -0.2) is 0 Å². The first-order chi connectivity index (χ1) is 13.6. The predicted octanol–water partition coefficient (Wildman–Crippen LogP) is 3.61. The van der Waals surface area contributed by atoms with Crippen molar-refractivity contribution in [3.63, 3.8) is 0 Å². The van der Waals surface area contributed by atoms with E-state index in [2.05, 4.69) is 58.7 Å². The maximum atomic E-state index is 5.50. The topological polar surface area (TPSA) is 33.5 Å². The van der Waals surface area contributed by atoms with Crippen LogP contribution in [0.5, 0.6) is 5.75 Å². The molecule has 5 nitrogen and oxygen atoms in total. The van der Waals surface area contributed by atoms with E-state index < -0.39 is 0 Å². The van der Waals surface area contributed by atoms with Crippen molar-refractivity contribution in [1.29, 1.82) is 0 Å². The molecule has 0 N–H and O–H groups in total. The molecule has 1 saturated heterocycles. The third kappa shape index (κ3) is 5.36. The number of rotatable bonds is 9. The van der Waals surface area contributed by atoms with Crippen molar-refractivity contribution in [3.8, 4) is 5.75 Å². The molecule has 0 saturated carbocycles. The molecule has 1 aliphatic heterocycles. The molecule has 2 aromatic rings. The zero-order valence-corrected chi connectivity index (χ0v) is 18.0. The SMILES string of the molecule is CCn1ncc(CN(C)C[C@H]2CCCN(CCc3ccccc3OC)C2)c1C. The molecule has 0 bridgehead atoms. The molecule has 0 unspecified atom stereocenters. The molecule has 154 valence electrons. The van der Waals surface area contributed by atoms with Crippen LogP contribution in [0, 0.1) is 12.8 Å². The van der Waals surface area contributed by atoms with E-state index in [0.717, 1.165) is 44.3 Å². The summed E-state index contributed by atoms with van der Waals surface area (Å²) in [5, 5.41) is 4.48. The minimum atomic E-state index is 0.748. The lowest BCUT2D eigenvalue weighted by Crippen LogP contribution is -2.40. The molecule has 1 aliphatic rings. The molecule has 3 rings (SSSR count). The summed E-state index contributed by atoms with van der Waals surface area (Å²) < 4.78 is 7.59. The highest BCUT2D eigenvalue weighted by molar-refractivity contribution is 5.33. The smallest absolute Gasteiger partial charge is 0.122 e. The Morgan fingerprint density at radius 3 is 2.82 bits per heavy atom. The minimum Gasteiger partial charge on any atom is -0.496 e. The van der Waals surface area contributed by atoms with Gasteiger partial charge in [-0.1, -0.05) is 18.2 Å². The zero-order chi connectivity index (χ0) is 19.9. The summed E-state index contributed by atoms with van der Waals surface area (Å²) in [7, 11) is 4.01. The van der Waals surface area contributed by atoms with Crippen molar-refractivity contribution in [1.82, 2.24) is 19.6 Å². The van der Waals surface area contributed by atoms with Gasteiger partial charge in [-0.3, -0.25) is 4.68 Å². The van der Waals surface area contributed by atoms with Gasteiger partial charge in [0.25, 0.3) is 0 Å². The van der Waals surface area contributed by atoms with Crippen molar-refractivity contribution in [2.75, 3.05) is 40.3 Å². The van der Waals surface area contributed by atoms with Crippen molar-refractivity contribution < 1.29 is 4.74 Å². The van der Waals surface area contributed by atoms with Gasteiger partial charge in [0, 0.05) is 44.0 Å². The molecule has 1 atom stereocenters. The van der Waals surface area contributed by atoms with Gasteiger partial charge < -0.3 is 14.5 Å². The Balaban J connectivity index is 1.48. The first kappa shape index (κ1) is 20.9. The lowest BCUT2D eigenvalue weighted by Gasteiger charge is -2.34. The summed E-state index contributed by atoms with van der Waals surface area (Å²) in [5.41, 5.74) is 3.97. The van der Waals surface area contributed by atoms with Gasteiger partial charge in [0.15, 0.2) is 0 Å². The summed E-state index contributed by atoms with van der Waals surface area (Å²) in [6.07, 6.45) is 5.73. The Hall–Kier alpha value is -1.85. The quantitative estimate of drug-likeness (QED) is 0.661. The van der Waals surface area contributed by atoms with E-state index in [1.807, 2.05) is 12.3 Å². The minimum absolute atomic E-state index is 0.748. The number of methoxy groups -OCH3 is 1. The van der Waals surface area contributed by atoms with E-state index in [4.69, 9.17) is 4.74 Å². The number of likely N-dealkylation sites (tertiary alicyclic amines) is 1. The molecule has 28 heavy (non-hydrogen) atoms. The monoisotopic (exact) mass is 384 g/mol. The molecule has 5 heteroatoms. The van der Waals surface area contributed by atoms with Crippen LogP contribution < -0.4 is 4.74 Å². The molecule has 1 fully saturated rings. The predicted molar refractivity (Wildman–Crippen MR) is 115 cm³/mol. The van der Waals surface area contributed by atoms with Crippen LogP contribution in [0.3, 0.4) is 0 Å². The largest absolute Gasteiger partial charge is 0.496 e. The van der Waals surface area contributed by atoms with E-state index in [1.54, 1.807) is 7.11 Å². The van der Waals surface area contributed by atoms with Gasteiger partial charge in [-0.2, -0.15) is 5.10 Å². The van der Waals surface area contributed by atoms with Crippen LogP contribution in [0.1, 0.15) is 36.6 Å². The Labute approximate surface area is 170 Å². The average Bonchev–Trinajstić information content (AvgIpc) is 3.06. The first-order valence-corrected chi connectivity index (χ1v) is 10.6. The highest BCUT2D eigenvalue weighted by atomic mass is 16.5. The first-order valence-electron chi connectivity index (χ1n) is 10.6. The normalized spacial score (nSPS) is 18.0. The lowest BCUT2D eigenvalue weighted by atomic mass is 9.97. The summed E-state index contributed by atoms with van der Waals surface area (Å²) in [4.78, 5) is 5.10. The number of nitrogens with zero attached hydrogens (tertiary/aromatic N) is 4. The maximum Gasteiger partial charge on any atom is 0.122 e. The van der Waals surface area contributed by atoms with Crippen LogP contribution in [0.15, 0.2) is 30.5 Å². The fourth-order valence-corrected chi connectivity index (χ4v) is 4.45. The number of benzene rings is 1. The third-order valence-electron chi connectivity index (χ3n) is 6.01. The molecule has 0 aliphatic carbocycles. The standard InChI is InChI=1S/C23H36N4O/c1-5-27-19(2)22(15-24-27)18-25(3)16-20-9-8-13-26(17-20)14-12-21-10-6-7-11-23(21)28-4/h6-7,10-11,15,20H,5,8-9,12-14,16-18H2,1-4H3/t20-/m1/s1. The van der Waals surface area contributed by atoms with Crippen LogP contribution in [0.4, 0.5) is 0 Å². The number of ether oxygens (including phenoxy) is 1. The maximum absolute atomic E-state index is 5.50. The van der Waals surface area contributed by atoms with Gasteiger partial charge in [0.1, 0.15) is 5.75 Å². The highest BCUT2D eigenvalue weighted by Crippen LogP contribution is 2.21. The fourth-order valence-electron chi connectivity index (χ4n) is 4.45. The molecule has 0 amide bonds. The second-order valence-electron chi connectivity index (χ2n) is 8.14. The Morgan fingerprint density at radius 1 is 1.25 bits per heavy atom. The van der Waals surface area contributed by atoms with Crippen LogP contribution in [0.2, 0.25) is 0 Å². The highest BCUT2D eigenvalue weighted by Gasteiger charge is 2.21. The van der Waals surface area contributed by atoms with Crippen LogP contribution in [-0.2, 0) is 19.5 Å². The number of hydrogen-bond acceptors (Lipinski definition) is 4. The third-order valence-corrected chi connectivity index (χ3v) is 6.01. The second-order valence-corrected chi connectivity index (χ2v) is 8.14. The Morgan fingerprint density at radius 2 is 2.07 bits per heavy atom. The number of hydrogen-bond donors (Lipinski definition) is 0. The summed E-state index contributed by atoms with van der Waals surface area (Å²) in [6.45, 7) is 11.0. The number of aromatic nitrogens is 2. The van der Waals surface area contributed by atoms with E-state index in [-0.39, 0.29) is 0 Å². The molecular weight excluding hydrogens is 348 g/mol. The van der Waals surface area contributed by atoms with Crippen molar-refractivity contribution in [2.24, 2.45) is 5.92 Å². The number of para-hydroxylation sites is 1. The Kier molecular flexibility index (Phi) is 7.51. The van der Waals surface area contributed by atoms with E-state index >= 15 is 0 Å². The van der Waals surface area contributed by atoms with Gasteiger partial charge in [0.2, 0.25) is 0 Å². The number of piperidine rings is 1. The van der Waals surface area contributed by atoms with Crippen molar-refractivity contribution >= 4 is 0 Å². The van der Waals surface area contributed by atoms with Crippen molar-refractivity contribution in [3.05, 3.63) is 47.3 Å². The average molecular weight is 385 g/mol. The van der Waals surface area contributed by atoms with Crippen LogP contribution in [0.25, 0.3) is 0 Å². The summed E-state index contributed by atoms with van der Waals surface area (Å²) in [6, 6.07) is 8.40. The van der Waals surface area contributed by atoms with Gasteiger partial charge in [-0.05, 0) is 64.3 Å². The molecule has 0 radical (unpaired) electrons. The van der Waals surface area contributed by atoms with Crippen molar-refractivity contribution in [2.45, 2.75) is 46.2 Å². The van der Waals surface area contributed by atoms with Crippen LogP contribution in [-0.4, -0.2) is 59.9 Å². The fraction of sp³-hybridized carbons (Fsp3) is 0.609.